The highest BCUT2D eigenvalue weighted by atomic mass is 16.7. The molecule has 6 unspecified atom stereocenters. The zero-order chi connectivity index (χ0) is 41.1. The first kappa shape index (κ1) is 46.4. The first-order valence-corrected chi connectivity index (χ1v) is 18.9. The molecule has 0 aromatic carbocycles. The highest BCUT2D eigenvalue weighted by Gasteiger charge is 2.56. The molecule has 0 bridgehead atoms. The van der Waals surface area contributed by atoms with Crippen molar-refractivity contribution >= 4 is 5.97 Å². The second-order valence-corrected chi connectivity index (χ2v) is 15.8. The van der Waals surface area contributed by atoms with Crippen molar-refractivity contribution in [1.29, 1.82) is 0 Å². The Bertz CT molecular complexity index is 1200. The van der Waals surface area contributed by atoms with E-state index in [1.165, 1.54) is 6.92 Å². The number of aliphatic hydroxyl groups is 11. The van der Waals surface area contributed by atoms with Gasteiger partial charge in [-0.15, -0.1) is 0 Å². The molecule has 4 aliphatic heterocycles. The van der Waals surface area contributed by atoms with Crippen molar-refractivity contribution in [2.75, 3.05) is 26.4 Å². The van der Waals surface area contributed by atoms with Crippen molar-refractivity contribution in [3.8, 4) is 0 Å². The second kappa shape index (κ2) is 19.7. The third kappa shape index (κ3) is 10.3. The predicted molar refractivity (Wildman–Crippen MR) is 182 cm³/mol. The van der Waals surface area contributed by atoms with E-state index in [2.05, 4.69) is 0 Å². The Balaban J connectivity index is 1.52. The minimum Gasteiger partial charge on any atom is -0.477 e. The number of rotatable bonds is 16. The molecular weight excluding hydrogens is 740 g/mol. The summed E-state index contributed by atoms with van der Waals surface area (Å²) in [5, 5.41) is 125. The molecule has 0 aliphatic carbocycles. The summed E-state index contributed by atoms with van der Waals surface area (Å²) in [6, 6.07) is 0. The van der Waals surface area contributed by atoms with Crippen LogP contribution in [0.1, 0.15) is 53.9 Å². The number of aliphatic carboxylic acids is 1. The standard InChI is InChI=1S/C35H62O20/c1-13(2)29-16(5)31(27(45)23(52-29)12-49-35(34(47)48)8-19(40)15(4)32(55-35)26(44)21(42)11-38)54-33-28(46)22(6-17(9-36)50-33)51-24-7-18(39)14(3)30(53-24)25(43)20(41)10-37/h13-33,36-46H,6-12H2,1-5H3,(H,47,48)/t14-,15-,16-,17?,18-,19-,20-,21-,22?,23?,24+,25-,26-,27+,28+,29-,30?,31?,32?,33+,35-/m1/s1. The number of ether oxygens (including phenoxy) is 7. The highest BCUT2D eigenvalue weighted by Crippen LogP contribution is 2.40. The third-order valence-corrected chi connectivity index (χ3v) is 11.5. The first-order chi connectivity index (χ1) is 25.8. The molecule has 0 aromatic rings. The van der Waals surface area contributed by atoms with E-state index in [0.717, 1.165) is 0 Å². The van der Waals surface area contributed by atoms with Gasteiger partial charge < -0.3 is 94.4 Å². The van der Waals surface area contributed by atoms with Crippen LogP contribution in [0.2, 0.25) is 0 Å². The summed E-state index contributed by atoms with van der Waals surface area (Å²) in [5.41, 5.74) is 0. The van der Waals surface area contributed by atoms with Gasteiger partial charge in [-0.05, 0) is 5.92 Å². The quantitative estimate of drug-likeness (QED) is 0.0703. The number of carboxylic acids is 1. The molecule has 4 fully saturated rings. The maximum Gasteiger partial charge on any atom is 0.364 e. The number of hydrogen-bond acceptors (Lipinski definition) is 19. The number of hydrogen-bond donors (Lipinski definition) is 12. The van der Waals surface area contributed by atoms with E-state index in [-0.39, 0.29) is 18.8 Å². The fourth-order valence-corrected chi connectivity index (χ4v) is 7.90. The van der Waals surface area contributed by atoms with Gasteiger partial charge in [0.15, 0.2) is 12.6 Å². The summed E-state index contributed by atoms with van der Waals surface area (Å²) in [5.74, 6) is -6.54. The summed E-state index contributed by atoms with van der Waals surface area (Å²) < 4.78 is 41.7. The van der Waals surface area contributed by atoms with Gasteiger partial charge in [-0.3, -0.25) is 0 Å². The maximum atomic E-state index is 12.6. The zero-order valence-corrected chi connectivity index (χ0v) is 31.7. The molecule has 20 nitrogen and oxygen atoms in total. The van der Waals surface area contributed by atoms with Gasteiger partial charge in [-0.1, -0.05) is 34.6 Å². The monoisotopic (exact) mass is 802 g/mol. The van der Waals surface area contributed by atoms with E-state index in [9.17, 15) is 66.1 Å². The van der Waals surface area contributed by atoms with Gasteiger partial charge in [0.2, 0.25) is 0 Å². The molecule has 0 radical (unpaired) electrons. The fourth-order valence-electron chi connectivity index (χ4n) is 7.90. The second-order valence-electron chi connectivity index (χ2n) is 15.8. The van der Waals surface area contributed by atoms with Gasteiger partial charge in [0.1, 0.15) is 42.7 Å². The van der Waals surface area contributed by atoms with Gasteiger partial charge >= 0.3 is 5.97 Å². The van der Waals surface area contributed by atoms with Crippen LogP contribution in [-0.2, 0) is 38.0 Å². The minimum absolute atomic E-state index is 0.0563. The van der Waals surface area contributed by atoms with Gasteiger partial charge in [0.05, 0.1) is 75.3 Å². The van der Waals surface area contributed by atoms with Gasteiger partial charge in [0.25, 0.3) is 5.79 Å². The van der Waals surface area contributed by atoms with Crippen molar-refractivity contribution in [3.63, 3.8) is 0 Å². The van der Waals surface area contributed by atoms with Crippen molar-refractivity contribution < 1.29 is 99.2 Å². The molecule has 12 N–H and O–H groups in total. The molecule has 55 heavy (non-hydrogen) atoms. The molecule has 0 aromatic heterocycles. The van der Waals surface area contributed by atoms with E-state index < -0.39 is 166 Å². The molecule has 322 valence electrons. The largest absolute Gasteiger partial charge is 0.477 e. The van der Waals surface area contributed by atoms with Crippen LogP contribution in [0.25, 0.3) is 0 Å². The number of carboxylic acid groups (broad SMARTS) is 1. The first-order valence-electron chi connectivity index (χ1n) is 18.9. The fraction of sp³-hybridized carbons (Fsp3) is 0.971. The Morgan fingerprint density at radius 2 is 1.36 bits per heavy atom. The molecule has 20 heteroatoms. The molecule has 0 saturated carbocycles. The minimum atomic E-state index is -2.57. The lowest BCUT2D eigenvalue weighted by molar-refractivity contribution is -0.350. The molecule has 21 atom stereocenters. The van der Waals surface area contributed by atoms with Crippen molar-refractivity contribution in [2.24, 2.45) is 23.7 Å². The lowest BCUT2D eigenvalue weighted by Crippen LogP contribution is -2.63. The average Bonchev–Trinajstić information content (AvgIpc) is 3.15. The number of aliphatic hydroxyl groups excluding tert-OH is 11. The van der Waals surface area contributed by atoms with Crippen LogP contribution < -0.4 is 0 Å². The molecule has 4 saturated heterocycles. The van der Waals surface area contributed by atoms with E-state index in [1.54, 1.807) is 13.8 Å². The lowest BCUT2D eigenvalue weighted by Gasteiger charge is -2.49. The van der Waals surface area contributed by atoms with Crippen LogP contribution in [0.15, 0.2) is 0 Å². The Morgan fingerprint density at radius 1 is 0.764 bits per heavy atom. The summed E-state index contributed by atoms with van der Waals surface area (Å²) in [7, 11) is 0. The zero-order valence-electron chi connectivity index (χ0n) is 31.7. The summed E-state index contributed by atoms with van der Waals surface area (Å²) in [6.45, 7) is 5.69. The van der Waals surface area contributed by atoms with Crippen LogP contribution in [-0.4, -0.2) is 204 Å². The molecule has 0 spiro atoms. The maximum absolute atomic E-state index is 12.6. The average molecular weight is 803 g/mol. The van der Waals surface area contributed by atoms with Crippen LogP contribution in [0, 0.1) is 23.7 Å². The molecule has 0 amide bonds. The van der Waals surface area contributed by atoms with E-state index in [1.807, 2.05) is 13.8 Å². The summed E-state index contributed by atoms with van der Waals surface area (Å²) >= 11 is 0. The smallest absolute Gasteiger partial charge is 0.364 e. The van der Waals surface area contributed by atoms with E-state index in [4.69, 9.17) is 33.2 Å². The highest BCUT2D eigenvalue weighted by molar-refractivity contribution is 5.76. The lowest BCUT2D eigenvalue weighted by atomic mass is 9.83. The van der Waals surface area contributed by atoms with Gasteiger partial charge in [0, 0.05) is 37.0 Å². The Labute approximate surface area is 319 Å². The van der Waals surface area contributed by atoms with Crippen molar-refractivity contribution in [2.45, 2.75) is 164 Å². The molecular formula is C35H62O20. The number of carbonyl (C=O) groups is 1. The normalized spacial score (nSPS) is 45.2. The van der Waals surface area contributed by atoms with E-state index in [0.29, 0.717) is 0 Å². The van der Waals surface area contributed by atoms with Crippen LogP contribution >= 0.6 is 0 Å². The summed E-state index contributed by atoms with van der Waals surface area (Å²) in [6.07, 6.45) is -23.4. The predicted octanol–water partition coefficient (Wildman–Crippen LogP) is -4.23. The van der Waals surface area contributed by atoms with Crippen LogP contribution in [0.3, 0.4) is 0 Å². The summed E-state index contributed by atoms with van der Waals surface area (Å²) in [4.78, 5) is 12.6. The van der Waals surface area contributed by atoms with E-state index >= 15 is 0 Å². The third-order valence-electron chi connectivity index (χ3n) is 11.5. The SMILES string of the molecule is CC(C)[C@H]1OC(CO[C@]2(C(=O)O)C[C@@H](O)[C@@H](C)C([C@H](O)[C@H](O)CO)O2)[C@H](O)C(O[C@@H]2OC(CO)CC(O[C@@H]3C[C@@H](O)[C@@H](C)C([C@H](O)[C@H](O)CO)O3)[C@@H]2O)[C@@H]1C. The topological polar surface area (TPSA) is 324 Å². The van der Waals surface area contributed by atoms with Gasteiger partial charge in [-0.2, -0.15) is 0 Å². The molecule has 4 heterocycles. The van der Waals surface area contributed by atoms with Crippen molar-refractivity contribution in [3.05, 3.63) is 0 Å². The Hall–Kier alpha value is -1.25. The Morgan fingerprint density at radius 3 is 1.93 bits per heavy atom. The van der Waals surface area contributed by atoms with Crippen LogP contribution in [0.5, 0.6) is 0 Å². The van der Waals surface area contributed by atoms with Gasteiger partial charge in [-0.25, -0.2) is 4.79 Å². The Kier molecular flexibility index (Phi) is 16.6. The molecule has 4 rings (SSSR count). The van der Waals surface area contributed by atoms with Crippen LogP contribution in [0.4, 0.5) is 0 Å². The molecule has 4 aliphatic rings. The van der Waals surface area contributed by atoms with Crippen molar-refractivity contribution in [1.82, 2.24) is 0 Å².